The van der Waals surface area contributed by atoms with E-state index in [9.17, 15) is 0 Å². The van der Waals surface area contributed by atoms with E-state index in [4.69, 9.17) is 5.84 Å². The number of nitrogens with two attached hydrogens (primary N) is 1. The van der Waals surface area contributed by atoms with E-state index in [1.54, 1.807) is 0 Å². The SMILES string of the molecule is CC(C)n1c(-c2ccccc2)c[se]/c1=N/N. The number of rotatable bonds is 2. The molecule has 1 heterocycles. The third-order valence-electron chi connectivity index (χ3n) is 2.44. The molecular formula is C12H15N3Se. The van der Waals surface area contributed by atoms with Gasteiger partial charge in [-0.2, -0.15) is 0 Å². The number of aromatic nitrogens is 1. The summed E-state index contributed by atoms with van der Waals surface area (Å²) in [7, 11) is 0. The van der Waals surface area contributed by atoms with Crippen LogP contribution in [-0.4, -0.2) is 19.1 Å². The zero-order valence-corrected chi connectivity index (χ0v) is 11.1. The van der Waals surface area contributed by atoms with Gasteiger partial charge in [0.25, 0.3) is 0 Å². The van der Waals surface area contributed by atoms with Crippen LogP contribution in [0.15, 0.2) is 40.4 Å². The Kier molecular flexibility index (Phi) is 3.32. The van der Waals surface area contributed by atoms with E-state index in [-0.39, 0.29) is 14.5 Å². The van der Waals surface area contributed by atoms with Gasteiger partial charge in [0.1, 0.15) is 0 Å². The van der Waals surface area contributed by atoms with Crippen LogP contribution in [0.4, 0.5) is 0 Å². The van der Waals surface area contributed by atoms with E-state index >= 15 is 0 Å². The van der Waals surface area contributed by atoms with Gasteiger partial charge in [-0.05, 0) is 0 Å². The van der Waals surface area contributed by atoms with Crippen molar-refractivity contribution in [2.75, 3.05) is 0 Å². The van der Waals surface area contributed by atoms with Gasteiger partial charge in [0, 0.05) is 0 Å². The van der Waals surface area contributed by atoms with Crippen LogP contribution in [0, 0.1) is 0 Å². The molecule has 16 heavy (non-hydrogen) atoms. The molecule has 0 aliphatic rings. The van der Waals surface area contributed by atoms with E-state index in [1.165, 1.54) is 11.3 Å². The molecule has 0 bridgehead atoms. The summed E-state index contributed by atoms with van der Waals surface area (Å²) >= 11 is 0.254. The van der Waals surface area contributed by atoms with Crippen molar-refractivity contribution in [1.29, 1.82) is 0 Å². The van der Waals surface area contributed by atoms with Crippen molar-refractivity contribution in [3.63, 3.8) is 0 Å². The Bertz CT molecular complexity index is 523. The third-order valence-corrected chi connectivity index (χ3v) is 4.23. The van der Waals surface area contributed by atoms with Gasteiger partial charge in [-0.25, -0.2) is 0 Å². The summed E-state index contributed by atoms with van der Waals surface area (Å²) in [4.78, 5) is 2.24. The predicted molar refractivity (Wildman–Crippen MR) is 66.9 cm³/mol. The van der Waals surface area contributed by atoms with Crippen molar-refractivity contribution in [3.8, 4) is 11.3 Å². The van der Waals surface area contributed by atoms with Gasteiger partial charge in [0.15, 0.2) is 0 Å². The zero-order chi connectivity index (χ0) is 11.5. The quantitative estimate of drug-likeness (QED) is 0.506. The number of hydrogen-bond acceptors (Lipinski definition) is 2. The Morgan fingerprint density at radius 1 is 1.25 bits per heavy atom. The van der Waals surface area contributed by atoms with Gasteiger partial charge in [-0.15, -0.1) is 0 Å². The molecule has 0 unspecified atom stereocenters. The van der Waals surface area contributed by atoms with Gasteiger partial charge < -0.3 is 0 Å². The first-order chi connectivity index (χ1) is 7.74. The molecule has 2 aromatic rings. The van der Waals surface area contributed by atoms with Crippen molar-refractivity contribution in [2.45, 2.75) is 19.9 Å². The first-order valence-corrected chi connectivity index (χ1v) is 7.08. The first-order valence-electron chi connectivity index (χ1n) is 5.23. The molecule has 0 spiro atoms. The fourth-order valence-electron chi connectivity index (χ4n) is 1.73. The number of nitrogens with zero attached hydrogens (tertiary/aromatic N) is 2. The molecule has 0 amide bonds. The Morgan fingerprint density at radius 3 is 2.50 bits per heavy atom. The molecule has 2 N–H and O–H groups in total. The third kappa shape index (κ3) is 1.99. The van der Waals surface area contributed by atoms with Crippen LogP contribution >= 0.6 is 0 Å². The van der Waals surface area contributed by atoms with Crippen LogP contribution < -0.4 is 10.2 Å². The van der Waals surface area contributed by atoms with E-state index in [0.29, 0.717) is 6.04 Å². The predicted octanol–water partition coefficient (Wildman–Crippen LogP) is 1.57. The fraction of sp³-hybridized carbons (Fsp3) is 0.250. The summed E-state index contributed by atoms with van der Waals surface area (Å²) < 4.78 is 3.22. The summed E-state index contributed by atoms with van der Waals surface area (Å²) in [5.41, 5.74) is 2.47. The minimum absolute atomic E-state index is 0.254. The van der Waals surface area contributed by atoms with Crippen molar-refractivity contribution >= 4 is 14.5 Å². The first kappa shape index (κ1) is 11.2. The number of benzene rings is 1. The molecule has 0 aliphatic heterocycles. The molecule has 0 atom stereocenters. The Morgan fingerprint density at radius 2 is 1.94 bits per heavy atom. The molecular weight excluding hydrogens is 265 g/mol. The van der Waals surface area contributed by atoms with Crippen molar-refractivity contribution in [2.24, 2.45) is 10.9 Å². The molecule has 0 saturated carbocycles. The second-order valence-electron chi connectivity index (χ2n) is 3.86. The van der Waals surface area contributed by atoms with E-state index in [2.05, 4.69) is 52.7 Å². The molecule has 2 rings (SSSR count). The van der Waals surface area contributed by atoms with Gasteiger partial charge in [-0.3, -0.25) is 0 Å². The fourth-order valence-corrected chi connectivity index (χ4v) is 3.73. The average Bonchev–Trinajstić information content (AvgIpc) is 2.73. The summed E-state index contributed by atoms with van der Waals surface area (Å²) in [5.74, 6) is 5.43. The second kappa shape index (κ2) is 4.72. The van der Waals surface area contributed by atoms with Gasteiger partial charge in [0.2, 0.25) is 0 Å². The Hall–Kier alpha value is -1.25. The maximum absolute atomic E-state index is 5.43. The van der Waals surface area contributed by atoms with Gasteiger partial charge >= 0.3 is 101 Å². The Balaban J connectivity index is 2.63. The van der Waals surface area contributed by atoms with Gasteiger partial charge in [-0.1, -0.05) is 0 Å². The topological polar surface area (TPSA) is 43.3 Å². The van der Waals surface area contributed by atoms with Crippen molar-refractivity contribution in [1.82, 2.24) is 4.57 Å². The molecule has 84 valence electrons. The van der Waals surface area contributed by atoms with E-state index in [0.717, 1.165) is 4.36 Å². The molecule has 0 saturated heterocycles. The van der Waals surface area contributed by atoms with Crippen LogP contribution in [0.1, 0.15) is 19.9 Å². The molecule has 1 aromatic carbocycles. The normalized spacial score (nSPS) is 12.3. The number of hydrogen-bond donors (Lipinski definition) is 1. The van der Waals surface area contributed by atoms with Crippen LogP contribution in [0.25, 0.3) is 11.3 Å². The van der Waals surface area contributed by atoms with Crippen LogP contribution in [0.3, 0.4) is 0 Å². The van der Waals surface area contributed by atoms with Crippen LogP contribution in [0.2, 0.25) is 0 Å². The summed E-state index contributed by atoms with van der Waals surface area (Å²) in [6, 6.07) is 10.8. The second-order valence-corrected chi connectivity index (χ2v) is 5.62. The molecule has 0 aliphatic carbocycles. The molecule has 4 heteroatoms. The van der Waals surface area contributed by atoms with Crippen LogP contribution in [-0.2, 0) is 0 Å². The van der Waals surface area contributed by atoms with Crippen LogP contribution in [0.5, 0.6) is 0 Å². The standard InChI is InChI=1S/C12H15N3Se/c1-9(2)15-11(8-16-12(15)14-13)10-6-4-3-5-7-10/h3-9H,13H2,1-2H3/b14-12+. The zero-order valence-electron chi connectivity index (χ0n) is 9.42. The summed E-state index contributed by atoms with van der Waals surface area (Å²) in [5, 5.41) is 3.88. The molecule has 3 nitrogen and oxygen atoms in total. The molecule has 0 radical (unpaired) electrons. The summed E-state index contributed by atoms with van der Waals surface area (Å²) in [6.07, 6.45) is 0. The molecule has 1 aromatic heterocycles. The monoisotopic (exact) mass is 281 g/mol. The van der Waals surface area contributed by atoms with Crippen molar-refractivity contribution < 1.29 is 0 Å². The van der Waals surface area contributed by atoms with E-state index in [1.807, 2.05) is 6.07 Å². The Labute approximate surface area is 101 Å². The average molecular weight is 280 g/mol. The maximum atomic E-state index is 5.43. The van der Waals surface area contributed by atoms with E-state index < -0.39 is 0 Å². The molecule has 0 fully saturated rings. The summed E-state index contributed by atoms with van der Waals surface area (Å²) in [6.45, 7) is 4.31. The minimum atomic E-state index is 0.254. The van der Waals surface area contributed by atoms with Crippen molar-refractivity contribution in [3.05, 3.63) is 39.6 Å². The van der Waals surface area contributed by atoms with Gasteiger partial charge in [0.05, 0.1) is 0 Å².